The van der Waals surface area contributed by atoms with Gasteiger partial charge in [-0.1, -0.05) is 25.5 Å². The number of aromatic nitrogens is 1. The van der Waals surface area contributed by atoms with Crippen LogP contribution in [0.15, 0.2) is 48.2 Å². The first-order chi connectivity index (χ1) is 14.5. The molecule has 0 aliphatic heterocycles. The van der Waals surface area contributed by atoms with Gasteiger partial charge >= 0.3 is 6.18 Å². The van der Waals surface area contributed by atoms with E-state index in [9.17, 15) is 26.3 Å². The second-order valence-electron chi connectivity index (χ2n) is 6.98. The van der Waals surface area contributed by atoms with Crippen molar-refractivity contribution >= 4 is 11.4 Å². The molecule has 0 aliphatic carbocycles. The van der Waals surface area contributed by atoms with E-state index in [1.165, 1.54) is 31.3 Å². The van der Waals surface area contributed by atoms with Gasteiger partial charge in [-0.05, 0) is 24.6 Å². The third kappa shape index (κ3) is 6.50. The van der Waals surface area contributed by atoms with Crippen molar-refractivity contribution in [1.82, 2.24) is 9.88 Å². The molecule has 0 spiro atoms. The molecule has 0 fully saturated rings. The first kappa shape index (κ1) is 24.3. The van der Waals surface area contributed by atoms with Crippen LogP contribution in [0.3, 0.4) is 0 Å². The minimum Gasteiger partial charge on any atom is -0.379 e. The lowest BCUT2D eigenvalue weighted by atomic mass is 10.1. The van der Waals surface area contributed by atoms with Gasteiger partial charge in [0.05, 0.1) is 23.2 Å². The number of nitrogens with one attached hydrogen (secondary N) is 1. The topological polar surface area (TPSA) is 28.2 Å². The fourth-order valence-electron chi connectivity index (χ4n) is 2.73. The number of benzene rings is 1. The zero-order valence-corrected chi connectivity index (χ0v) is 17.3. The smallest absolute Gasteiger partial charge is 0.379 e. The van der Waals surface area contributed by atoms with E-state index < -0.39 is 29.2 Å². The van der Waals surface area contributed by atoms with E-state index in [0.29, 0.717) is 6.42 Å². The summed E-state index contributed by atoms with van der Waals surface area (Å²) >= 11 is 0. The largest absolute Gasteiger partial charge is 0.416 e. The van der Waals surface area contributed by atoms with E-state index in [-0.39, 0.29) is 35.6 Å². The van der Waals surface area contributed by atoms with Crippen LogP contribution in [0.1, 0.15) is 31.0 Å². The molecule has 9 heteroatoms. The molecule has 0 atom stereocenters. The summed E-state index contributed by atoms with van der Waals surface area (Å²) in [5.74, 6) is -2.39. The molecule has 0 unspecified atom stereocenters. The number of unbranched alkanes of at least 4 members (excludes halogenated alkanes) is 1. The maximum absolute atomic E-state index is 14.7. The number of hydrogen-bond donors (Lipinski definition) is 1. The lowest BCUT2D eigenvalue weighted by molar-refractivity contribution is -0.0884. The van der Waals surface area contributed by atoms with Gasteiger partial charge in [0.2, 0.25) is 0 Å². The van der Waals surface area contributed by atoms with Gasteiger partial charge in [0.25, 0.3) is 0 Å². The van der Waals surface area contributed by atoms with E-state index in [0.717, 1.165) is 30.4 Å². The molecular weight excluding hydrogens is 420 g/mol. The molecule has 0 amide bonds. The van der Waals surface area contributed by atoms with Gasteiger partial charge in [0, 0.05) is 32.3 Å². The average molecular weight is 443 g/mol. The van der Waals surface area contributed by atoms with Gasteiger partial charge in [0.1, 0.15) is 17.3 Å². The van der Waals surface area contributed by atoms with Gasteiger partial charge in [-0.2, -0.15) is 13.2 Å². The standard InChI is InChI=1S/C22H23F6N3/c1-4-5-7-14(22(26,27)28)10-20(31(2)3)21-19(25)11-15(12-30-21)29-13-16-17(23)8-6-9-18(16)24/h6-12,29H,4-5,13H2,1-3H3. The Morgan fingerprint density at radius 1 is 1.10 bits per heavy atom. The maximum Gasteiger partial charge on any atom is 0.416 e. The Balaban J connectivity index is 2.34. The molecule has 1 heterocycles. The molecule has 31 heavy (non-hydrogen) atoms. The van der Waals surface area contributed by atoms with Crippen LogP contribution in [-0.4, -0.2) is 30.2 Å². The molecule has 2 aromatic rings. The molecule has 2 rings (SSSR count). The third-order valence-corrected chi connectivity index (χ3v) is 4.37. The number of nitrogens with zero attached hydrogens (tertiary/aromatic N) is 2. The minimum absolute atomic E-state index is 0.0659. The molecule has 3 nitrogen and oxygen atoms in total. The first-order valence-corrected chi connectivity index (χ1v) is 9.53. The van der Waals surface area contributed by atoms with Gasteiger partial charge in [-0.3, -0.25) is 0 Å². The summed E-state index contributed by atoms with van der Waals surface area (Å²) in [4.78, 5) is 5.27. The second-order valence-corrected chi connectivity index (χ2v) is 6.98. The first-order valence-electron chi connectivity index (χ1n) is 9.53. The van der Waals surface area contributed by atoms with Crippen LogP contribution in [0.25, 0.3) is 5.70 Å². The monoisotopic (exact) mass is 443 g/mol. The van der Waals surface area contributed by atoms with Crippen LogP contribution in [0.2, 0.25) is 0 Å². The molecule has 1 aromatic heterocycles. The maximum atomic E-state index is 14.7. The Bertz CT molecular complexity index is 944. The highest BCUT2D eigenvalue weighted by Crippen LogP contribution is 2.31. The van der Waals surface area contributed by atoms with Crippen molar-refractivity contribution in [1.29, 1.82) is 0 Å². The SMILES string of the molecule is CCCC=C(C=C(c1ncc(NCc2c(F)cccc2F)cc1F)N(C)C)C(F)(F)F. The van der Waals surface area contributed by atoms with Crippen LogP contribution in [0.5, 0.6) is 0 Å². The zero-order chi connectivity index (χ0) is 23.2. The van der Waals surface area contributed by atoms with Crippen LogP contribution < -0.4 is 5.32 Å². The van der Waals surface area contributed by atoms with Crippen molar-refractivity contribution in [2.75, 3.05) is 19.4 Å². The van der Waals surface area contributed by atoms with Crippen molar-refractivity contribution in [2.24, 2.45) is 0 Å². The van der Waals surface area contributed by atoms with Gasteiger partial charge in [-0.25, -0.2) is 18.2 Å². The average Bonchev–Trinajstić information content (AvgIpc) is 2.67. The number of hydrogen-bond acceptors (Lipinski definition) is 3. The highest BCUT2D eigenvalue weighted by Gasteiger charge is 2.32. The number of anilines is 1. The molecule has 0 saturated carbocycles. The van der Waals surface area contributed by atoms with Crippen molar-refractivity contribution in [3.05, 3.63) is 76.9 Å². The molecule has 0 saturated heterocycles. The summed E-state index contributed by atoms with van der Waals surface area (Å²) in [6, 6.07) is 4.44. The van der Waals surface area contributed by atoms with E-state index in [1.807, 2.05) is 0 Å². The summed E-state index contributed by atoms with van der Waals surface area (Å²) in [5, 5.41) is 2.66. The van der Waals surface area contributed by atoms with Crippen LogP contribution in [0.4, 0.5) is 32.0 Å². The fourth-order valence-corrected chi connectivity index (χ4v) is 2.73. The Morgan fingerprint density at radius 2 is 1.74 bits per heavy atom. The van der Waals surface area contributed by atoms with Crippen LogP contribution >= 0.6 is 0 Å². The summed E-state index contributed by atoms with van der Waals surface area (Å²) in [5.41, 5.74) is -1.34. The normalized spacial score (nSPS) is 12.8. The lowest BCUT2D eigenvalue weighted by Gasteiger charge is -2.19. The predicted octanol–water partition coefficient (Wildman–Crippen LogP) is 6.30. The van der Waals surface area contributed by atoms with Crippen LogP contribution in [0, 0.1) is 17.5 Å². The van der Waals surface area contributed by atoms with Crippen molar-refractivity contribution in [3.63, 3.8) is 0 Å². The van der Waals surface area contributed by atoms with E-state index in [1.54, 1.807) is 6.92 Å². The zero-order valence-electron chi connectivity index (χ0n) is 17.3. The molecule has 0 radical (unpaired) electrons. The summed E-state index contributed by atoms with van der Waals surface area (Å²) < 4.78 is 82.2. The van der Waals surface area contributed by atoms with Gasteiger partial charge < -0.3 is 10.2 Å². The Morgan fingerprint density at radius 3 is 2.26 bits per heavy atom. The van der Waals surface area contributed by atoms with E-state index in [2.05, 4.69) is 10.3 Å². The van der Waals surface area contributed by atoms with Gasteiger partial charge in [-0.15, -0.1) is 0 Å². The number of halogens is 6. The van der Waals surface area contributed by atoms with Crippen LogP contribution in [-0.2, 0) is 6.54 Å². The molecule has 0 bridgehead atoms. The van der Waals surface area contributed by atoms with Crippen molar-refractivity contribution < 1.29 is 26.3 Å². The quantitative estimate of drug-likeness (QED) is 0.383. The van der Waals surface area contributed by atoms with E-state index >= 15 is 0 Å². The summed E-state index contributed by atoms with van der Waals surface area (Å²) in [7, 11) is 2.96. The minimum atomic E-state index is -4.60. The molecule has 1 aromatic carbocycles. The highest BCUT2D eigenvalue weighted by molar-refractivity contribution is 5.66. The second kappa shape index (κ2) is 10.4. The Labute approximate surface area is 177 Å². The predicted molar refractivity (Wildman–Crippen MR) is 109 cm³/mol. The summed E-state index contributed by atoms with van der Waals surface area (Å²) in [6.07, 6.45) is -0.753. The number of pyridine rings is 1. The highest BCUT2D eigenvalue weighted by atomic mass is 19.4. The molecule has 1 N–H and O–H groups in total. The van der Waals surface area contributed by atoms with Crippen molar-refractivity contribution in [2.45, 2.75) is 32.5 Å². The summed E-state index contributed by atoms with van der Waals surface area (Å²) in [6.45, 7) is 1.49. The fraction of sp³-hybridized carbons (Fsp3) is 0.318. The Hall–Kier alpha value is -2.97. The van der Waals surface area contributed by atoms with Gasteiger partial charge in [0.15, 0.2) is 5.82 Å². The number of allylic oxidation sites excluding steroid dienone is 3. The number of alkyl halides is 3. The molecule has 168 valence electrons. The Kier molecular flexibility index (Phi) is 8.13. The van der Waals surface area contributed by atoms with E-state index in [4.69, 9.17) is 0 Å². The van der Waals surface area contributed by atoms with Crippen molar-refractivity contribution in [3.8, 4) is 0 Å². The molecule has 0 aliphatic rings. The lowest BCUT2D eigenvalue weighted by Crippen LogP contribution is -2.17. The third-order valence-electron chi connectivity index (χ3n) is 4.37. The number of rotatable bonds is 8. The molecular formula is C22H23F6N3.